The van der Waals surface area contributed by atoms with E-state index in [4.69, 9.17) is 21.1 Å². The van der Waals surface area contributed by atoms with E-state index >= 15 is 0 Å². The van der Waals surface area contributed by atoms with E-state index in [1.807, 2.05) is 47.5 Å². The molecule has 3 heterocycles. The zero-order valence-electron chi connectivity index (χ0n) is 22.1. The Hall–Kier alpha value is -2.33. The number of benzene rings is 2. The van der Waals surface area contributed by atoms with Crippen LogP contribution < -0.4 is 4.74 Å². The maximum absolute atomic E-state index is 13.6. The van der Waals surface area contributed by atoms with E-state index in [0.717, 1.165) is 58.7 Å². The molecule has 39 heavy (non-hydrogen) atoms. The number of hydrogen-bond donors (Lipinski definition) is 1. The van der Waals surface area contributed by atoms with Gasteiger partial charge in [0.25, 0.3) is 5.91 Å². The van der Waals surface area contributed by atoms with E-state index < -0.39 is 0 Å². The first-order valence-electron chi connectivity index (χ1n) is 12.6. The summed E-state index contributed by atoms with van der Waals surface area (Å²) >= 11 is 6.68. The fourth-order valence-corrected chi connectivity index (χ4v) is 5.28. The van der Waals surface area contributed by atoms with Gasteiger partial charge in [-0.1, -0.05) is 29.8 Å². The molecule has 5 rings (SSSR count). The van der Waals surface area contributed by atoms with E-state index in [2.05, 4.69) is 26.3 Å². The molecule has 1 aliphatic heterocycles. The van der Waals surface area contributed by atoms with Crippen molar-refractivity contribution in [3.63, 3.8) is 0 Å². The Morgan fingerprint density at radius 2 is 1.85 bits per heavy atom. The number of fused-ring (bicyclic) bond motifs is 1. The Bertz CT molecular complexity index is 1450. The molecule has 0 spiro atoms. The van der Waals surface area contributed by atoms with Crippen molar-refractivity contribution < 1.29 is 52.0 Å². The molecule has 10 heteroatoms. The average molecular weight is 698 g/mol. The maximum Gasteiger partial charge on any atom is 0.252 e. The second-order valence-corrected chi connectivity index (χ2v) is 9.63. The second kappa shape index (κ2) is 13.4. The largest absolute Gasteiger partial charge is 0.685 e. The third kappa shape index (κ3) is 6.21. The topological polar surface area (TPSA) is 84.8 Å². The molecule has 1 saturated heterocycles. The summed E-state index contributed by atoms with van der Waals surface area (Å²) in [4.78, 5) is 25.7. The number of halogens is 1. The Balaban J connectivity index is 0.00000353. The number of rotatable bonds is 8. The fourth-order valence-electron chi connectivity index (χ4n) is 4.97. The van der Waals surface area contributed by atoms with Crippen molar-refractivity contribution in [2.45, 2.75) is 0 Å². The zero-order chi connectivity index (χ0) is 26.6. The molecular weight excluding hydrogens is 667 g/mol. The van der Waals surface area contributed by atoms with Crippen molar-refractivity contribution in [1.29, 1.82) is 0 Å². The van der Waals surface area contributed by atoms with Crippen molar-refractivity contribution >= 4 is 34.2 Å². The normalized spacial score (nSPS) is 13.8. The van der Waals surface area contributed by atoms with Crippen molar-refractivity contribution in [3.05, 3.63) is 70.8 Å². The standard InChI is InChI=1S/C29H32ClN5O3.Ho/c1-31-27-23(29(36)35-10-8-34(9-11-35)12-13-37-2)14-19(16-25(27)30)20-15-22-24(18-33-28(22)32-17-20)21-6-4-5-7-26(21)38-3;/h4-7,14-18H,8-13H2,1-3H3,(H2,31,32,33,36);/p-1. The van der Waals surface area contributed by atoms with Crippen LogP contribution in [0.1, 0.15) is 10.4 Å². The molecule has 0 aliphatic carbocycles. The minimum absolute atomic E-state index is 0. The first-order valence-corrected chi connectivity index (χ1v) is 13.0. The van der Waals surface area contributed by atoms with Gasteiger partial charge in [-0.2, -0.15) is 0 Å². The predicted molar refractivity (Wildman–Crippen MR) is 152 cm³/mol. The molecule has 2 aromatic heterocycles. The van der Waals surface area contributed by atoms with E-state index in [1.54, 1.807) is 27.5 Å². The van der Waals surface area contributed by atoms with Gasteiger partial charge >= 0.3 is 0 Å². The Labute approximate surface area is 263 Å². The first-order chi connectivity index (χ1) is 18.5. The summed E-state index contributed by atoms with van der Waals surface area (Å²) in [5, 5.41) is 5.74. The Morgan fingerprint density at radius 1 is 1.08 bits per heavy atom. The number of nitrogens with one attached hydrogen (secondary N) is 1. The summed E-state index contributed by atoms with van der Waals surface area (Å²) in [5.41, 5.74) is 5.40. The molecule has 1 N–H and O–H groups in total. The van der Waals surface area contributed by atoms with Gasteiger partial charge in [-0.25, -0.2) is 4.98 Å². The maximum atomic E-state index is 13.6. The van der Waals surface area contributed by atoms with Gasteiger partial charge in [0.05, 0.1) is 13.7 Å². The predicted octanol–water partition coefficient (Wildman–Crippen LogP) is 5.60. The molecule has 8 nitrogen and oxygen atoms in total. The van der Waals surface area contributed by atoms with Gasteiger partial charge in [0.15, 0.2) is 0 Å². The van der Waals surface area contributed by atoms with Crippen molar-refractivity contribution in [2.75, 3.05) is 60.6 Å². The number of methoxy groups -OCH3 is 2. The van der Waals surface area contributed by atoms with E-state index in [1.165, 1.54) is 0 Å². The van der Waals surface area contributed by atoms with Gasteiger partial charge in [0.2, 0.25) is 0 Å². The van der Waals surface area contributed by atoms with E-state index in [-0.39, 0.29) is 43.6 Å². The fraction of sp³-hybridized carbons (Fsp3) is 0.310. The number of aromatic nitrogens is 2. The van der Waals surface area contributed by atoms with Gasteiger partial charge in [0, 0.05) is 123 Å². The van der Waals surface area contributed by atoms with Crippen molar-refractivity contribution in [2.24, 2.45) is 0 Å². The molecule has 4 aromatic rings. The molecule has 1 fully saturated rings. The molecule has 1 amide bonds. The van der Waals surface area contributed by atoms with Gasteiger partial charge < -0.3 is 24.7 Å². The van der Waals surface area contributed by atoms with Crippen LogP contribution >= 0.6 is 11.6 Å². The summed E-state index contributed by atoms with van der Waals surface area (Å²) < 4.78 is 10.8. The molecule has 209 valence electrons. The summed E-state index contributed by atoms with van der Waals surface area (Å²) in [6.45, 7) is 4.45. The molecule has 0 unspecified atom stereocenters. The number of nitrogens with zero attached hydrogens (tertiary/aromatic N) is 4. The number of aromatic amines is 1. The molecule has 0 atom stereocenters. The number of carbonyl (C=O) groups is 1. The van der Waals surface area contributed by atoms with Crippen LogP contribution in [0.3, 0.4) is 0 Å². The number of piperazine rings is 1. The van der Waals surface area contributed by atoms with Gasteiger partial charge in [-0.15, -0.1) is 12.7 Å². The van der Waals surface area contributed by atoms with Crippen molar-refractivity contribution in [3.8, 4) is 28.0 Å². The van der Waals surface area contributed by atoms with Crippen LogP contribution in [0.15, 0.2) is 54.9 Å². The number of para-hydroxylation sites is 1. The van der Waals surface area contributed by atoms with Gasteiger partial charge in [-0.05, 0) is 29.8 Å². The van der Waals surface area contributed by atoms with Crippen LogP contribution in [0.4, 0.5) is 5.69 Å². The van der Waals surface area contributed by atoms with Crippen LogP contribution in [-0.2, 0) is 4.74 Å². The minimum Gasteiger partial charge on any atom is -0.685 e. The average Bonchev–Trinajstić information content (AvgIpc) is 3.38. The monoisotopic (exact) mass is 697 g/mol. The number of ether oxygens (including phenoxy) is 2. The van der Waals surface area contributed by atoms with Crippen LogP contribution in [0.5, 0.6) is 5.75 Å². The minimum atomic E-state index is -0.0638. The molecular formula is C29H31ClHoN5O3-. The van der Waals surface area contributed by atoms with E-state index in [0.29, 0.717) is 36.0 Å². The number of carbonyl (C=O) groups excluding carboxylic acids is 1. The second-order valence-electron chi connectivity index (χ2n) is 9.23. The smallest absolute Gasteiger partial charge is 0.252 e. The first kappa shape index (κ1) is 29.6. The van der Waals surface area contributed by atoms with Crippen LogP contribution in [0.25, 0.3) is 38.6 Å². The molecule has 1 radical (unpaired) electrons. The number of amides is 1. The third-order valence-electron chi connectivity index (χ3n) is 7.05. The van der Waals surface area contributed by atoms with Crippen molar-refractivity contribution in [1.82, 2.24) is 19.8 Å². The molecule has 2 aromatic carbocycles. The van der Waals surface area contributed by atoms with E-state index in [9.17, 15) is 4.79 Å². The summed E-state index contributed by atoms with van der Waals surface area (Å²) in [6.07, 6.45) is 3.73. The van der Waals surface area contributed by atoms with Crippen LogP contribution in [0, 0.1) is 37.7 Å². The molecule has 1 aliphatic rings. The van der Waals surface area contributed by atoms with Crippen LogP contribution in [-0.4, -0.2) is 86.3 Å². The number of hydrogen-bond acceptors (Lipinski definition) is 5. The number of H-pyrrole nitrogens is 1. The van der Waals surface area contributed by atoms with Crippen LogP contribution in [0.2, 0.25) is 5.02 Å². The summed E-state index contributed by atoms with van der Waals surface area (Å²) in [5.74, 6) is 0.720. The molecule has 0 saturated carbocycles. The SMILES string of the molecule is C[N-]c1c(Cl)cc(-c2cnc3[nH]cc(-c4ccccc4OC)c3c2)cc1C(=O)N1CCN(CCOC)CC1.[Ho]. The Kier molecular flexibility index (Phi) is 10.1. The van der Waals surface area contributed by atoms with Gasteiger partial charge in [0.1, 0.15) is 11.4 Å². The quantitative estimate of drug-likeness (QED) is 0.243. The summed E-state index contributed by atoms with van der Waals surface area (Å²) in [7, 11) is 5.03. The van der Waals surface area contributed by atoms with Gasteiger partial charge in [-0.3, -0.25) is 9.69 Å². The Morgan fingerprint density at radius 3 is 2.56 bits per heavy atom. The molecule has 0 bridgehead atoms. The third-order valence-corrected chi connectivity index (χ3v) is 7.34. The zero-order valence-corrected chi connectivity index (χ0v) is 24.8. The number of pyridine rings is 1. The summed E-state index contributed by atoms with van der Waals surface area (Å²) in [6, 6.07) is 13.7.